The second-order valence-electron chi connectivity index (χ2n) is 3.90. The third-order valence-corrected chi connectivity index (χ3v) is 3.58. The van der Waals surface area contributed by atoms with Crippen LogP contribution in [-0.2, 0) is 0 Å². The van der Waals surface area contributed by atoms with Crippen molar-refractivity contribution in [3.63, 3.8) is 0 Å². The molecule has 2 N–H and O–H groups in total. The predicted molar refractivity (Wildman–Crippen MR) is 61.4 cm³/mol. The van der Waals surface area contributed by atoms with Gasteiger partial charge >= 0.3 is 0 Å². The zero-order valence-corrected chi connectivity index (χ0v) is 9.55. The average molecular weight is 256 g/mol. The summed E-state index contributed by atoms with van der Waals surface area (Å²) in [7, 11) is 0. The van der Waals surface area contributed by atoms with E-state index in [0.29, 0.717) is 0 Å². The van der Waals surface area contributed by atoms with Gasteiger partial charge < -0.3 is 10.4 Å². The Bertz CT molecular complexity index is 317. The molecular formula is C11H14BrNO. The van der Waals surface area contributed by atoms with E-state index < -0.39 is 0 Å². The Kier molecular flexibility index (Phi) is 2.79. The lowest BCUT2D eigenvalue weighted by molar-refractivity contribution is 0.144. The number of anilines is 1. The van der Waals surface area contributed by atoms with Crippen molar-refractivity contribution in [2.24, 2.45) is 0 Å². The molecule has 0 aliphatic heterocycles. The summed E-state index contributed by atoms with van der Waals surface area (Å²) in [5.74, 6) is 0. The number of nitrogens with one attached hydrogen (secondary N) is 1. The topological polar surface area (TPSA) is 32.3 Å². The van der Waals surface area contributed by atoms with Crippen molar-refractivity contribution in [3.05, 3.63) is 28.7 Å². The fourth-order valence-electron chi connectivity index (χ4n) is 1.77. The van der Waals surface area contributed by atoms with Crippen molar-refractivity contribution in [1.82, 2.24) is 0 Å². The average Bonchev–Trinajstić information content (AvgIpc) is 2.14. The van der Waals surface area contributed by atoms with E-state index in [2.05, 4.69) is 21.2 Å². The van der Waals surface area contributed by atoms with Crippen LogP contribution in [0.2, 0.25) is 0 Å². The number of rotatable bonds is 3. The maximum absolute atomic E-state index is 9.31. The summed E-state index contributed by atoms with van der Waals surface area (Å²) in [6.07, 6.45) is 3.33. The van der Waals surface area contributed by atoms with E-state index in [1.165, 1.54) is 6.42 Å². The number of aliphatic hydroxyl groups is 1. The maximum atomic E-state index is 9.31. The Morgan fingerprint density at radius 3 is 2.57 bits per heavy atom. The summed E-state index contributed by atoms with van der Waals surface area (Å²) < 4.78 is 1.06. The quantitative estimate of drug-likeness (QED) is 0.871. The van der Waals surface area contributed by atoms with E-state index in [9.17, 15) is 5.11 Å². The first-order chi connectivity index (χ1) is 6.76. The van der Waals surface area contributed by atoms with Gasteiger partial charge in [0, 0.05) is 10.2 Å². The number of benzene rings is 1. The smallest absolute Gasteiger partial charge is 0.0661 e. The van der Waals surface area contributed by atoms with Gasteiger partial charge in [0.15, 0.2) is 0 Å². The fraction of sp³-hybridized carbons (Fsp3) is 0.455. The van der Waals surface area contributed by atoms with E-state index in [4.69, 9.17) is 0 Å². The van der Waals surface area contributed by atoms with Crippen molar-refractivity contribution in [3.8, 4) is 0 Å². The van der Waals surface area contributed by atoms with Crippen LogP contribution in [0, 0.1) is 0 Å². The van der Waals surface area contributed by atoms with Crippen molar-refractivity contribution in [2.45, 2.75) is 24.8 Å². The first kappa shape index (κ1) is 9.99. The van der Waals surface area contributed by atoms with Crippen LogP contribution in [0.4, 0.5) is 5.69 Å². The van der Waals surface area contributed by atoms with Gasteiger partial charge in [-0.3, -0.25) is 0 Å². The minimum absolute atomic E-state index is 0.0656. The van der Waals surface area contributed by atoms with E-state index in [-0.39, 0.29) is 12.1 Å². The predicted octanol–water partition coefficient (Wildman–Crippen LogP) is 2.78. The Morgan fingerprint density at radius 1 is 1.36 bits per heavy atom. The molecule has 1 saturated carbocycles. The van der Waals surface area contributed by atoms with Crippen LogP contribution < -0.4 is 5.32 Å². The summed E-state index contributed by atoms with van der Waals surface area (Å²) in [6.45, 7) is 0.217. The van der Waals surface area contributed by atoms with Gasteiger partial charge in [-0.2, -0.15) is 0 Å². The van der Waals surface area contributed by atoms with Crippen molar-refractivity contribution in [2.75, 3.05) is 11.9 Å². The molecule has 1 aliphatic rings. The molecule has 1 aliphatic carbocycles. The van der Waals surface area contributed by atoms with Crippen LogP contribution in [0.5, 0.6) is 0 Å². The van der Waals surface area contributed by atoms with E-state index in [1.54, 1.807) is 0 Å². The monoisotopic (exact) mass is 255 g/mol. The highest BCUT2D eigenvalue weighted by Crippen LogP contribution is 2.36. The number of hydrogen-bond donors (Lipinski definition) is 2. The lowest BCUT2D eigenvalue weighted by Gasteiger charge is -2.42. The van der Waals surface area contributed by atoms with Gasteiger partial charge in [-0.25, -0.2) is 0 Å². The molecule has 0 atom stereocenters. The van der Waals surface area contributed by atoms with E-state index >= 15 is 0 Å². The molecule has 0 aromatic heterocycles. The molecule has 2 rings (SSSR count). The van der Waals surface area contributed by atoms with Crippen molar-refractivity contribution in [1.29, 1.82) is 0 Å². The van der Waals surface area contributed by atoms with E-state index in [1.807, 2.05) is 24.3 Å². The minimum atomic E-state index is -0.0656. The summed E-state index contributed by atoms with van der Waals surface area (Å²) in [5.41, 5.74) is 1.01. The number of hydrogen-bond acceptors (Lipinski definition) is 2. The molecule has 0 amide bonds. The third kappa shape index (κ3) is 1.79. The Morgan fingerprint density at radius 2 is 2.07 bits per heavy atom. The van der Waals surface area contributed by atoms with Gasteiger partial charge in [0.25, 0.3) is 0 Å². The van der Waals surface area contributed by atoms with E-state index in [0.717, 1.165) is 23.0 Å². The van der Waals surface area contributed by atoms with Crippen LogP contribution in [0.1, 0.15) is 19.3 Å². The van der Waals surface area contributed by atoms with Gasteiger partial charge in [-0.15, -0.1) is 0 Å². The molecule has 0 saturated heterocycles. The molecule has 1 aromatic carbocycles. The highest BCUT2D eigenvalue weighted by Gasteiger charge is 2.36. The summed E-state index contributed by atoms with van der Waals surface area (Å²) in [4.78, 5) is 0. The molecule has 0 unspecified atom stereocenters. The largest absolute Gasteiger partial charge is 0.394 e. The van der Waals surface area contributed by atoms with Gasteiger partial charge in [-0.1, -0.05) is 12.1 Å². The minimum Gasteiger partial charge on any atom is -0.394 e. The lowest BCUT2D eigenvalue weighted by atomic mass is 9.77. The second kappa shape index (κ2) is 3.91. The van der Waals surface area contributed by atoms with Gasteiger partial charge in [-0.05, 0) is 47.3 Å². The molecule has 76 valence electrons. The normalized spacial score (nSPS) is 18.7. The van der Waals surface area contributed by atoms with Crippen LogP contribution >= 0.6 is 15.9 Å². The highest BCUT2D eigenvalue weighted by molar-refractivity contribution is 9.10. The van der Waals surface area contributed by atoms with Crippen LogP contribution in [0.15, 0.2) is 28.7 Å². The molecule has 1 fully saturated rings. The zero-order valence-electron chi connectivity index (χ0n) is 7.96. The SMILES string of the molecule is OCC1(Nc2ccccc2Br)CCC1. The second-order valence-corrected chi connectivity index (χ2v) is 4.75. The molecule has 0 radical (unpaired) electrons. The van der Waals surface area contributed by atoms with Gasteiger partial charge in [0.1, 0.15) is 0 Å². The third-order valence-electron chi connectivity index (χ3n) is 2.89. The lowest BCUT2D eigenvalue weighted by Crippen LogP contribution is -2.48. The summed E-state index contributed by atoms with van der Waals surface area (Å²) in [5, 5.41) is 12.7. The number of halogens is 1. The molecule has 0 heterocycles. The number of aliphatic hydroxyl groups excluding tert-OH is 1. The maximum Gasteiger partial charge on any atom is 0.0661 e. The van der Waals surface area contributed by atoms with Gasteiger partial charge in [0.05, 0.1) is 12.1 Å². The molecule has 2 nitrogen and oxygen atoms in total. The molecule has 14 heavy (non-hydrogen) atoms. The molecular weight excluding hydrogens is 242 g/mol. The summed E-state index contributed by atoms with van der Waals surface area (Å²) in [6, 6.07) is 8.02. The summed E-state index contributed by atoms with van der Waals surface area (Å²) >= 11 is 3.49. The van der Waals surface area contributed by atoms with Crippen LogP contribution in [0.3, 0.4) is 0 Å². The number of para-hydroxylation sites is 1. The Hall–Kier alpha value is -0.540. The first-order valence-electron chi connectivity index (χ1n) is 4.89. The molecule has 1 aromatic rings. The van der Waals surface area contributed by atoms with Gasteiger partial charge in [0.2, 0.25) is 0 Å². The van der Waals surface area contributed by atoms with Crippen molar-refractivity contribution < 1.29 is 5.11 Å². The molecule has 3 heteroatoms. The van der Waals surface area contributed by atoms with Crippen LogP contribution in [0.25, 0.3) is 0 Å². The fourth-order valence-corrected chi connectivity index (χ4v) is 2.16. The zero-order chi connectivity index (χ0) is 10.0. The molecule has 0 spiro atoms. The molecule has 0 bridgehead atoms. The standard InChI is InChI=1S/C11H14BrNO/c12-9-4-1-2-5-10(9)13-11(8-14)6-3-7-11/h1-2,4-5,13-14H,3,6-8H2. The Balaban J connectivity index is 2.13. The first-order valence-corrected chi connectivity index (χ1v) is 5.69. The van der Waals surface area contributed by atoms with Crippen LogP contribution in [-0.4, -0.2) is 17.3 Å². The Labute approximate surface area is 92.5 Å². The highest BCUT2D eigenvalue weighted by atomic mass is 79.9. The van der Waals surface area contributed by atoms with Crippen molar-refractivity contribution >= 4 is 21.6 Å².